The first-order valence-electron chi connectivity index (χ1n) is 9.55. The smallest absolute Gasteiger partial charge is 0.191 e. The molecular weight excluding hydrogens is 346 g/mol. The molecule has 26 heavy (non-hydrogen) atoms. The normalized spacial score (nSPS) is 21.9. The molecule has 0 radical (unpaired) electrons. The van der Waals surface area contributed by atoms with Crippen LogP contribution in [0.4, 0.5) is 0 Å². The number of rotatable bonds is 7. The number of nitrogens with one attached hydrogen (secondary N) is 2. The summed E-state index contributed by atoms with van der Waals surface area (Å²) in [4.78, 5) is 4.35. The molecule has 0 bridgehead atoms. The molecule has 0 aliphatic heterocycles. The zero-order valence-corrected chi connectivity index (χ0v) is 17.3. The summed E-state index contributed by atoms with van der Waals surface area (Å²) in [5.74, 6) is 2.52. The van der Waals surface area contributed by atoms with Crippen molar-refractivity contribution in [1.29, 1.82) is 0 Å². The predicted octanol–water partition coefficient (Wildman–Crippen LogP) is 2.79. The van der Waals surface area contributed by atoms with Crippen LogP contribution in [0.3, 0.4) is 0 Å². The molecule has 2 N–H and O–H groups in total. The van der Waals surface area contributed by atoms with E-state index in [-0.39, 0.29) is 0 Å². The molecule has 2 rings (SSSR count). The molecule has 1 aliphatic rings. The van der Waals surface area contributed by atoms with Gasteiger partial charge in [0.05, 0.1) is 7.11 Å². The quantitative estimate of drug-likeness (QED) is 0.565. The highest BCUT2D eigenvalue weighted by molar-refractivity contribution is 7.85. The molecule has 3 unspecified atom stereocenters. The first-order chi connectivity index (χ1) is 12.6. The molecule has 146 valence electrons. The molecule has 1 aliphatic carbocycles. The van der Waals surface area contributed by atoms with Gasteiger partial charge in [0.1, 0.15) is 5.75 Å². The number of nitrogens with zero attached hydrogens (tertiary/aromatic N) is 1. The number of ether oxygens (including phenoxy) is 1. The molecule has 1 aromatic carbocycles. The van der Waals surface area contributed by atoms with E-state index in [1.165, 1.54) is 5.56 Å². The van der Waals surface area contributed by atoms with Crippen molar-refractivity contribution in [2.75, 3.05) is 26.5 Å². The van der Waals surface area contributed by atoms with Crippen LogP contribution in [-0.2, 0) is 17.2 Å². The molecule has 0 aromatic heterocycles. The summed E-state index contributed by atoms with van der Waals surface area (Å²) in [5, 5.41) is 7.23. The van der Waals surface area contributed by atoms with Crippen LogP contribution in [0.2, 0.25) is 0 Å². The van der Waals surface area contributed by atoms with Crippen LogP contribution in [-0.4, -0.2) is 47.9 Å². The van der Waals surface area contributed by atoms with E-state index < -0.39 is 10.8 Å². The summed E-state index contributed by atoms with van der Waals surface area (Å²) in [6.45, 7) is 4.87. The molecule has 3 atom stereocenters. The zero-order chi connectivity index (χ0) is 18.9. The Hall–Kier alpha value is -1.56. The predicted molar refractivity (Wildman–Crippen MR) is 111 cm³/mol. The average molecular weight is 380 g/mol. The topological polar surface area (TPSA) is 62.7 Å². The lowest BCUT2D eigenvalue weighted by Gasteiger charge is -2.30. The van der Waals surface area contributed by atoms with E-state index >= 15 is 0 Å². The van der Waals surface area contributed by atoms with E-state index in [4.69, 9.17) is 4.74 Å². The van der Waals surface area contributed by atoms with E-state index in [1.807, 2.05) is 6.92 Å². The Kier molecular flexibility index (Phi) is 8.42. The van der Waals surface area contributed by atoms with Gasteiger partial charge in [-0.1, -0.05) is 25.5 Å². The van der Waals surface area contributed by atoms with Crippen molar-refractivity contribution < 1.29 is 8.95 Å². The second-order valence-corrected chi connectivity index (χ2v) is 8.86. The van der Waals surface area contributed by atoms with Crippen LogP contribution in [0.5, 0.6) is 5.75 Å². The van der Waals surface area contributed by atoms with Crippen molar-refractivity contribution in [3.05, 3.63) is 29.3 Å². The maximum absolute atomic E-state index is 12.1. The largest absolute Gasteiger partial charge is 0.496 e. The highest BCUT2D eigenvalue weighted by atomic mass is 32.2. The Morgan fingerprint density at radius 1 is 1.38 bits per heavy atom. The van der Waals surface area contributed by atoms with Gasteiger partial charge in [0.25, 0.3) is 0 Å². The third-order valence-electron chi connectivity index (χ3n) is 5.03. The Morgan fingerprint density at radius 2 is 2.19 bits per heavy atom. The molecule has 0 heterocycles. The van der Waals surface area contributed by atoms with Crippen molar-refractivity contribution >= 4 is 16.8 Å². The molecule has 0 amide bonds. The fraction of sp³-hybridized carbons (Fsp3) is 0.650. The van der Waals surface area contributed by atoms with Crippen LogP contribution in [0.15, 0.2) is 23.2 Å². The third kappa shape index (κ3) is 6.01. The van der Waals surface area contributed by atoms with E-state index in [1.54, 1.807) is 14.2 Å². The Morgan fingerprint density at radius 3 is 2.88 bits per heavy atom. The zero-order valence-electron chi connectivity index (χ0n) is 16.5. The van der Waals surface area contributed by atoms with Crippen molar-refractivity contribution in [3.8, 4) is 5.75 Å². The van der Waals surface area contributed by atoms with Gasteiger partial charge in [0.15, 0.2) is 5.96 Å². The van der Waals surface area contributed by atoms with E-state index in [0.29, 0.717) is 11.3 Å². The highest BCUT2D eigenvalue weighted by Crippen LogP contribution is 2.23. The number of benzene rings is 1. The van der Waals surface area contributed by atoms with Gasteiger partial charge < -0.3 is 15.4 Å². The van der Waals surface area contributed by atoms with E-state index in [9.17, 15) is 4.21 Å². The van der Waals surface area contributed by atoms with Crippen molar-refractivity contribution in [1.82, 2.24) is 10.6 Å². The summed E-state index contributed by atoms with van der Waals surface area (Å²) in [6.07, 6.45) is 5.21. The highest BCUT2D eigenvalue weighted by Gasteiger charge is 2.25. The summed E-state index contributed by atoms with van der Waals surface area (Å²) < 4.78 is 17.5. The van der Waals surface area contributed by atoms with E-state index in [2.05, 4.69) is 40.7 Å². The van der Waals surface area contributed by atoms with Gasteiger partial charge in [-0.25, -0.2) is 0 Å². The maximum atomic E-state index is 12.1. The second-order valence-electron chi connectivity index (χ2n) is 6.85. The fourth-order valence-electron chi connectivity index (χ4n) is 3.48. The molecule has 1 saturated carbocycles. The van der Waals surface area contributed by atoms with Gasteiger partial charge in [0.2, 0.25) is 0 Å². The number of aliphatic imine (C=N–C) groups is 1. The first kappa shape index (κ1) is 20.7. The minimum atomic E-state index is -0.699. The van der Waals surface area contributed by atoms with Gasteiger partial charge in [0, 0.05) is 41.4 Å². The van der Waals surface area contributed by atoms with Crippen LogP contribution < -0.4 is 15.4 Å². The molecule has 1 fully saturated rings. The van der Waals surface area contributed by atoms with Crippen molar-refractivity contribution in [2.45, 2.75) is 57.2 Å². The number of hydrogen-bond acceptors (Lipinski definition) is 3. The third-order valence-corrected chi connectivity index (χ3v) is 6.77. The number of hydrogen-bond donors (Lipinski definition) is 2. The Bertz CT molecular complexity index is 633. The molecule has 1 aromatic rings. The van der Waals surface area contributed by atoms with Crippen molar-refractivity contribution in [3.63, 3.8) is 0 Å². The number of aryl methyl sites for hydroxylation is 1. The summed E-state index contributed by atoms with van der Waals surface area (Å²) in [6, 6.07) is 6.69. The second kappa shape index (κ2) is 10.6. The molecular formula is C20H33N3O2S. The SMILES string of the molecule is CCS(=O)C1CCCC(NC(=NC)NCCc2ccc(C)c(OC)c2)C1. The Labute approximate surface area is 160 Å². The van der Waals surface area contributed by atoms with Gasteiger partial charge >= 0.3 is 0 Å². The van der Waals surface area contributed by atoms with Gasteiger partial charge in [-0.3, -0.25) is 9.20 Å². The molecule has 0 saturated heterocycles. The monoisotopic (exact) mass is 379 g/mol. The minimum Gasteiger partial charge on any atom is -0.496 e. The number of guanidine groups is 1. The summed E-state index contributed by atoms with van der Waals surface area (Å²) >= 11 is 0. The number of methoxy groups -OCH3 is 1. The minimum absolute atomic E-state index is 0.323. The van der Waals surface area contributed by atoms with Crippen molar-refractivity contribution in [2.24, 2.45) is 4.99 Å². The van der Waals surface area contributed by atoms with E-state index in [0.717, 1.165) is 61.7 Å². The summed E-state index contributed by atoms with van der Waals surface area (Å²) in [5.41, 5.74) is 2.39. The standard InChI is InChI=1S/C20H33N3O2S/c1-5-26(24)18-8-6-7-17(14-18)23-20(21-3)22-12-11-16-10-9-15(2)19(13-16)25-4/h9-10,13,17-18H,5-8,11-12,14H2,1-4H3,(H2,21,22,23). The molecule has 5 nitrogen and oxygen atoms in total. The first-order valence-corrected chi connectivity index (χ1v) is 10.9. The lowest BCUT2D eigenvalue weighted by Crippen LogP contribution is -2.47. The van der Waals surface area contributed by atoms with Gasteiger partial charge in [-0.05, 0) is 49.8 Å². The van der Waals surface area contributed by atoms with Gasteiger partial charge in [-0.2, -0.15) is 0 Å². The maximum Gasteiger partial charge on any atom is 0.191 e. The van der Waals surface area contributed by atoms with Gasteiger partial charge in [-0.15, -0.1) is 0 Å². The van der Waals surface area contributed by atoms with Crippen LogP contribution in [0.25, 0.3) is 0 Å². The van der Waals surface area contributed by atoms with Crippen LogP contribution in [0.1, 0.15) is 43.7 Å². The molecule has 0 spiro atoms. The van der Waals surface area contributed by atoms with Crippen LogP contribution >= 0.6 is 0 Å². The Balaban J connectivity index is 1.81. The van der Waals surface area contributed by atoms with Crippen LogP contribution in [0, 0.1) is 6.92 Å². The lowest BCUT2D eigenvalue weighted by molar-refractivity contribution is 0.411. The molecule has 6 heteroatoms. The average Bonchev–Trinajstić information content (AvgIpc) is 2.67. The fourth-order valence-corrected chi connectivity index (χ4v) is 4.83. The lowest BCUT2D eigenvalue weighted by atomic mass is 9.95. The summed E-state index contributed by atoms with van der Waals surface area (Å²) in [7, 11) is 2.81.